The van der Waals surface area contributed by atoms with Gasteiger partial charge in [0.25, 0.3) is 0 Å². The third-order valence-electron chi connectivity index (χ3n) is 4.50. The van der Waals surface area contributed by atoms with Gasteiger partial charge in [-0.3, -0.25) is 0 Å². The van der Waals surface area contributed by atoms with Gasteiger partial charge < -0.3 is 5.32 Å². The van der Waals surface area contributed by atoms with Gasteiger partial charge in [0, 0.05) is 11.3 Å². The topological polar surface area (TPSA) is 12.0 Å². The minimum atomic E-state index is 0.758. The highest BCUT2D eigenvalue weighted by molar-refractivity contribution is 7.99. The molecule has 1 N–H and O–H groups in total. The second-order valence-electron chi connectivity index (χ2n) is 7.23. The Morgan fingerprint density at radius 2 is 1.48 bits per heavy atom. The maximum atomic E-state index is 3.88. The summed E-state index contributed by atoms with van der Waals surface area (Å²) in [7, 11) is 0. The molecule has 0 saturated heterocycles. The summed E-state index contributed by atoms with van der Waals surface area (Å²) in [5, 5.41) is 4.72. The first-order chi connectivity index (χ1) is 10.2. The number of hydrogen-bond donors (Lipinski definition) is 1. The smallest absolute Gasteiger partial charge is 0.0201 e. The van der Waals surface area contributed by atoms with Crippen LogP contribution in [-0.2, 0) is 0 Å². The van der Waals surface area contributed by atoms with Gasteiger partial charge >= 0.3 is 0 Å². The summed E-state index contributed by atoms with van der Waals surface area (Å²) >= 11 is 2.25. The quantitative estimate of drug-likeness (QED) is 0.643. The average molecular weight is 314 g/mol. The second kappa shape index (κ2) is 12.8. The summed E-state index contributed by atoms with van der Waals surface area (Å²) in [6.45, 7) is 8.20. The first kappa shape index (κ1) is 19.4. The van der Waals surface area contributed by atoms with Crippen molar-refractivity contribution in [1.82, 2.24) is 5.32 Å². The Morgan fingerprint density at radius 1 is 0.905 bits per heavy atom. The number of hydrogen-bond acceptors (Lipinski definition) is 2. The van der Waals surface area contributed by atoms with Crippen LogP contribution in [0.2, 0.25) is 0 Å². The van der Waals surface area contributed by atoms with Crippen LogP contribution in [0.25, 0.3) is 0 Å². The van der Waals surface area contributed by atoms with Gasteiger partial charge in [0.1, 0.15) is 0 Å². The van der Waals surface area contributed by atoms with Crippen molar-refractivity contribution in [3.8, 4) is 0 Å². The number of nitrogens with one attached hydrogen (secondary N) is 1. The van der Waals surface area contributed by atoms with Gasteiger partial charge in [-0.15, -0.1) is 0 Å². The molecule has 21 heavy (non-hydrogen) atoms. The fourth-order valence-corrected chi connectivity index (χ4v) is 4.67. The molecule has 0 aliphatic heterocycles. The Labute approximate surface area is 138 Å². The van der Waals surface area contributed by atoms with E-state index in [2.05, 4.69) is 37.8 Å². The standard InChI is InChI=1S/C19H39NS/c1-4-15-20-18-13-11-9-7-5-6-8-10-12-14-19(18)21-16-17(2)3/h17-20H,4-16H2,1-3H3. The van der Waals surface area contributed by atoms with Crippen LogP contribution >= 0.6 is 11.8 Å². The Kier molecular flexibility index (Phi) is 11.8. The molecule has 0 heterocycles. The van der Waals surface area contributed by atoms with Gasteiger partial charge in [-0.05, 0) is 37.5 Å². The van der Waals surface area contributed by atoms with E-state index in [1.165, 1.54) is 82.9 Å². The first-order valence-corrected chi connectivity index (χ1v) is 10.6. The van der Waals surface area contributed by atoms with Crippen LogP contribution in [0, 0.1) is 5.92 Å². The Morgan fingerprint density at radius 3 is 2.05 bits per heavy atom. The van der Waals surface area contributed by atoms with Gasteiger partial charge in [0.15, 0.2) is 0 Å². The molecule has 0 radical (unpaired) electrons. The van der Waals surface area contributed by atoms with E-state index < -0.39 is 0 Å². The van der Waals surface area contributed by atoms with Crippen molar-refractivity contribution in [1.29, 1.82) is 0 Å². The van der Waals surface area contributed by atoms with E-state index in [-0.39, 0.29) is 0 Å². The zero-order chi connectivity index (χ0) is 15.3. The lowest BCUT2D eigenvalue weighted by molar-refractivity contribution is 0.413. The largest absolute Gasteiger partial charge is 0.313 e. The third-order valence-corrected chi connectivity index (χ3v) is 6.35. The molecule has 0 amide bonds. The van der Waals surface area contributed by atoms with Gasteiger partial charge in [0.2, 0.25) is 0 Å². The van der Waals surface area contributed by atoms with Crippen LogP contribution in [0.1, 0.15) is 91.4 Å². The molecule has 0 aromatic carbocycles. The molecule has 0 spiro atoms. The van der Waals surface area contributed by atoms with E-state index in [0.29, 0.717) is 0 Å². The Balaban J connectivity index is 2.54. The van der Waals surface area contributed by atoms with Crippen molar-refractivity contribution in [3.63, 3.8) is 0 Å². The van der Waals surface area contributed by atoms with Gasteiger partial charge in [-0.25, -0.2) is 0 Å². The lowest BCUT2D eigenvalue weighted by atomic mass is 9.97. The molecule has 1 aliphatic carbocycles. The molecule has 126 valence electrons. The summed E-state index contributed by atoms with van der Waals surface area (Å²) in [5.41, 5.74) is 0. The molecule has 1 fully saturated rings. The first-order valence-electron chi connectivity index (χ1n) is 9.59. The molecule has 1 nitrogen and oxygen atoms in total. The minimum absolute atomic E-state index is 0.758. The monoisotopic (exact) mass is 313 g/mol. The average Bonchev–Trinajstić information content (AvgIpc) is 2.45. The molecular weight excluding hydrogens is 274 g/mol. The number of rotatable bonds is 6. The van der Waals surface area contributed by atoms with E-state index in [1.54, 1.807) is 0 Å². The second-order valence-corrected chi connectivity index (χ2v) is 8.50. The summed E-state index contributed by atoms with van der Waals surface area (Å²) in [6, 6.07) is 0.758. The van der Waals surface area contributed by atoms with Gasteiger partial charge in [-0.2, -0.15) is 11.8 Å². The molecule has 2 heteroatoms. The van der Waals surface area contributed by atoms with E-state index in [9.17, 15) is 0 Å². The summed E-state index contributed by atoms with van der Waals surface area (Å²) in [5.74, 6) is 2.15. The zero-order valence-corrected chi connectivity index (χ0v) is 15.6. The molecule has 0 aromatic rings. The summed E-state index contributed by atoms with van der Waals surface area (Å²) < 4.78 is 0. The fraction of sp³-hybridized carbons (Fsp3) is 1.00. The molecule has 1 aliphatic rings. The van der Waals surface area contributed by atoms with Gasteiger partial charge in [0.05, 0.1) is 0 Å². The Bertz CT molecular complexity index is 230. The highest BCUT2D eigenvalue weighted by atomic mass is 32.2. The molecule has 2 unspecified atom stereocenters. The predicted molar refractivity (Wildman–Crippen MR) is 99.3 cm³/mol. The van der Waals surface area contributed by atoms with Crippen molar-refractivity contribution in [3.05, 3.63) is 0 Å². The highest BCUT2D eigenvalue weighted by Crippen LogP contribution is 2.27. The van der Waals surface area contributed by atoms with E-state index in [1.807, 2.05) is 0 Å². The van der Waals surface area contributed by atoms with Crippen molar-refractivity contribution in [2.75, 3.05) is 12.3 Å². The number of thioether (sulfide) groups is 1. The van der Waals surface area contributed by atoms with Crippen LogP contribution in [0.5, 0.6) is 0 Å². The summed E-state index contributed by atoms with van der Waals surface area (Å²) in [6.07, 6.45) is 15.7. The molecule has 1 rings (SSSR count). The molecule has 0 bridgehead atoms. The third kappa shape index (κ3) is 9.84. The van der Waals surface area contributed by atoms with E-state index >= 15 is 0 Å². The SMILES string of the molecule is CCCNC1CCCCCCCCCCC1SCC(C)C. The van der Waals surface area contributed by atoms with Crippen molar-refractivity contribution >= 4 is 11.8 Å². The predicted octanol–water partition coefficient (Wildman–Crippen LogP) is 6.03. The van der Waals surface area contributed by atoms with Crippen LogP contribution in [0.3, 0.4) is 0 Å². The summed E-state index contributed by atoms with van der Waals surface area (Å²) in [4.78, 5) is 0. The molecule has 0 aromatic heterocycles. The Hall–Kier alpha value is 0.310. The lowest BCUT2D eigenvalue weighted by Gasteiger charge is -2.29. The lowest BCUT2D eigenvalue weighted by Crippen LogP contribution is -2.39. The minimum Gasteiger partial charge on any atom is -0.313 e. The van der Waals surface area contributed by atoms with Crippen LogP contribution in [0.15, 0.2) is 0 Å². The maximum Gasteiger partial charge on any atom is 0.0201 e. The van der Waals surface area contributed by atoms with E-state index in [4.69, 9.17) is 0 Å². The van der Waals surface area contributed by atoms with Crippen LogP contribution < -0.4 is 5.32 Å². The zero-order valence-electron chi connectivity index (χ0n) is 14.8. The van der Waals surface area contributed by atoms with Crippen molar-refractivity contribution < 1.29 is 0 Å². The van der Waals surface area contributed by atoms with Crippen LogP contribution in [0.4, 0.5) is 0 Å². The van der Waals surface area contributed by atoms with Gasteiger partial charge in [-0.1, -0.05) is 72.1 Å². The normalized spacial score (nSPS) is 26.3. The highest BCUT2D eigenvalue weighted by Gasteiger charge is 2.21. The molecule has 2 atom stereocenters. The van der Waals surface area contributed by atoms with Crippen molar-refractivity contribution in [2.45, 2.75) is 103 Å². The molecule has 1 saturated carbocycles. The fourth-order valence-electron chi connectivity index (χ4n) is 3.24. The van der Waals surface area contributed by atoms with E-state index in [0.717, 1.165) is 17.2 Å². The van der Waals surface area contributed by atoms with Crippen LogP contribution in [-0.4, -0.2) is 23.6 Å². The maximum absolute atomic E-state index is 3.88. The molecular formula is C19H39NS. The van der Waals surface area contributed by atoms with Crippen molar-refractivity contribution in [2.24, 2.45) is 5.92 Å².